The van der Waals surface area contributed by atoms with Crippen molar-refractivity contribution < 1.29 is 19.2 Å². The Morgan fingerprint density at radius 2 is 1.52 bits per heavy atom. The van der Waals surface area contributed by atoms with Gasteiger partial charge in [-0.25, -0.2) is 4.79 Å². The van der Waals surface area contributed by atoms with E-state index in [2.05, 4.69) is 16.7 Å². The van der Waals surface area contributed by atoms with Crippen molar-refractivity contribution in [2.24, 2.45) is 0 Å². The van der Waals surface area contributed by atoms with Crippen molar-refractivity contribution in [2.75, 3.05) is 18.4 Å². The average molecular weight is 590 g/mol. The van der Waals surface area contributed by atoms with E-state index in [-0.39, 0.29) is 23.8 Å². The predicted molar refractivity (Wildman–Crippen MR) is 165 cm³/mol. The molecule has 1 saturated heterocycles. The average Bonchev–Trinajstić information content (AvgIpc) is 3.31. The van der Waals surface area contributed by atoms with Crippen LogP contribution in [0.4, 0.5) is 10.5 Å². The number of rotatable bonds is 5. The van der Waals surface area contributed by atoms with Gasteiger partial charge in [0.1, 0.15) is 0 Å². The van der Waals surface area contributed by atoms with E-state index in [1.165, 1.54) is 10.5 Å². The van der Waals surface area contributed by atoms with Crippen LogP contribution in [-0.4, -0.2) is 58.7 Å². The molecule has 9 heteroatoms. The lowest BCUT2D eigenvalue weighted by Crippen LogP contribution is -2.55. The molecule has 2 atom stereocenters. The maximum atomic E-state index is 13.4. The molecule has 44 heavy (non-hydrogen) atoms. The number of piperidine rings is 1. The minimum Gasteiger partial charge on any atom is -0.339 e. The van der Waals surface area contributed by atoms with Crippen LogP contribution in [0.2, 0.25) is 0 Å². The number of nitriles is 1. The smallest absolute Gasteiger partial charge is 0.319 e. The number of nitrogens with zero attached hydrogens (tertiary/aromatic N) is 3. The van der Waals surface area contributed by atoms with Crippen LogP contribution in [-0.2, 0) is 0 Å². The summed E-state index contributed by atoms with van der Waals surface area (Å²) in [7, 11) is 0. The molecule has 3 aromatic rings. The maximum Gasteiger partial charge on any atom is 0.319 e. The van der Waals surface area contributed by atoms with Gasteiger partial charge in [-0.15, -0.1) is 0 Å². The lowest BCUT2D eigenvalue weighted by molar-refractivity contribution is 0.0510. The van der Waals surface area contributed by atoms with Crippen molar-refractivity contribution >= 4 is 29.4 Å². The van der Waals surface area contributed by atoms with Crippen LogP contribution in [0.1, 0.15) is 92.2 Å². The Bertz CT molecular complexity index is 1620. The number of carbonyl (C=O) groups excluding carboxylic acids is 4. The van der Waals surface area contributed by atoms with E-state index in [1.807, 2.05) is 42.2 Å². The Labute approximate surface area is 256 Å². The number of benzene rings is 3. The number of anilines is 1. The number of hydrogen-bond donors (Lipinski definition) is 2. The van der Waals surface area contributed by atoms with Gasteiger partial charge in [-0.05, 0) is 86.1 Å². The summed E-state index contributed by atoms with van der Waals surface area (Å²) in [5.41, 5.74) is 4.49. The number of hydrogen-bond acceptors (Lipinski definition) is 5. The van der Waals surface area contributed by atoms with Gasteiger partial charge in [0.15, 0.2) is 0 Å². The van der Waals surface area contributed by atoms with E-state index in [4.69, 9.17) is 5.26 Å². The zero-order valence-corrected chi connectivity index (χ0v) is 24.7. The molecule has 0 radical (unpaired) electrons. The molecule has 1 saturated carbocycles. The highest BCUT2D eigenvalue weighted by Crippen LogP contribution is 2.32. The molecule has 1 aliphatic carbocycles. The number of likely N-dealkylation sites (tertiary alicyclic amines) is 1. The normalized spacial score (nSPS) is 20.2. The minimum atomic E-state index is -0.436. The third kappa shape index (κ3) is 5.68. The molecule has 0 bridgehead atoms. The van der Waals surface area contributed by atoms with Crippen LogP contribution in [0.3, 0.4) is 0 Å². The van der Waals surface area contributed by atoms with E-state index in [0.717, 1.165) is 31.2 Å². The Kier molecular flexibility index (Phi) is 8.16. The first kappa shape index (κ1) is 29.1. The predicted octanol–water partition coefficient (Wildman–Crippen LogP) is 5.62. The highest BCUT2D eigenvalue weighted by atomic mass is 16.2. The molecule has 2 heterocycles. The third-order valence-corrected chi connectivity index (χ3v) is 9.23. The maximum absolute atomic E-state index is 13.4. The van der Waals surface area contributed by atoms with Gasteiger partial charge in [-0.2, -0.15) is 5.26 Å². The van der Waals surface area contributed by atoms with Crippen LogP contribution >= 0.6 is 0 Å². The Hall–Kier alpha value is -4.97. The van der Waals surface area contributed by atoms with Crippen LogP contribution < -0.4 is 10.6 Å². The molecule has 0 aromatic heterocycles. The van der Waals surface area contributed by atoms with Gasteiger partial charge in [0, 0.05) is 24.3 Å². The number of aryl methyl sites for hydroxylation is 1. The van der Waals surface area contributed by atoms with Gasteiger partial charge in [0.2, 0.25) is 0 Å². The highest BCUT2D eigenvalue weighted by Gasteiger charge is 2.43. The van der Waals surface area contributed by atoms with Crippen LogP contribution in [0.15, 0.2) is 66.7 Å². The largest absolute Gasteiger partial charge is 0.339 e. The van der Waals surface area contributed by atoms with Crippen LogP contribution in [0, 0.1) is 18.3 Å². The summed E-state index contributed by atoms with van der Waals surface area (Å²) in [5, 5.41) is 15.0. The minimum absolute atomic E-state index is 0.0790. The van der Waals surface area contributed by atoms with E-state index >= 15 is 0 Å². The molecule has 2 aliphatic heterocycles. The SMILES string of the molecule is Cc1ccc(C(=O)N2CCC(c3ccc(C#N)cc3)CC2)cc1NC(=O)NC1CCCCC1N1C(=O)c2ccccc2C1=O. The molecule has 5 amide bonds. The molecule has 9 nitrogen and oxygen atoms in total. The Morgan fingerprint density at radius 3 is 2.18 bits per heavy atom. The van der Waals surface area contributed by atoms with Gasteiger partial charge in [0.25, 0.3) is 17.7 Å². The topological polar surface area (TPSA) is 123 Å². The van der Waals surface area contributed by atoms with Crippen molar-refractivity contribution in [2.45, 2.75) is 63.5 Å². The van der Waals surface area contributed by atoms with Crippen molar-refractivity contribution in [3.63, 3.8) is 0 Å². The highest BCUT2D eigenvalue weighted by molar-refractivity contribution is 6.21. The lowest BCUT2D eigenvalue weighted by Gasteiger charge is -2.37. The second-order valence-electron chi connectivity index (χ2n) is 11.9. The first-order valence-electron chi connectivity index (χ1n) is 15.3. The first-order chi connectivity index (χ1) is 21.3. The fraction of sp³-hybridized carbons (Fsp3) is 0.343. The second-order valence-corrected chi connectivity index (χ2v) is 11.9. The van der Waals surface area contributed by atoms with Gasteiger partial charge in [-0.1, -0.05) is 43.2 Å². The summed E-state index contributed by atoms with van der Waals surface area (Å²) in [6.45, 7) is 3.12. The first-order valence-corrected chi connectivity index (χ1v) is 15.3. The molecule has 0 spiro atoms. The molecule has 2 unspecified atom stereocenters. The van der Waals surface area contributed by atoms with E-state index in [1.54, 1.807) is 36.4 Å². The molecule has 224 valence electrons. The van der Waals surface area contributed by atoms with Gasteiger partial charge < -0.3 is 15.5 Å². The third-order valence-electron chi connectivity index (χ3n) is 9.23. The van der Waals surface area contributed by atoms with E-state index < -0.39 is 12.1 Å². The van der Waals surface area contributed by atoms with Crippen molar-refractivity contribution in [1.82, 2.24) is 15.1 Å². The zero-order valence-electron chi connectivity index (χ0n) is 24.7. The summed E-state index contributed by atoms with van der Waals surface area (Å²) in [6.07, 6.45) is 4.71. The molecule has 6 rings (SSSR count). The summed E-state index contributed by atoms with van der Waals surface area (Å²) >= 11 is 0. The molecule has 2 N–H and O–H groups in total. The quantitative estimate of drug-likeness (QED) is 0.374. The second kappa shape index (κ2) is 12.3. The zero-order chi connectivity index (χ0) is 30.8. The Balaban J connectivity index is 1.09. The fourth-order valence-electron chi connectivity index (χ4n) is 6.74. The number of carbonyl (C=O) groups is 4. The molecule has 3 aliphatic rings. The van der Waals surface area contributed by atoms with Crippen LogP contribution in [0.5, 0.6) is 0 Å². The van der Waals surface area contributed by atoms with Gasteiger partial charge in [0.05, 0.1) is 34.8 Å². The number of amides is 5. The summed E-state index contributed by atoms with van der Waals surface area (Å²) < 4.78 is 0. The monoisotopic (exact) mass is 589 g/mol. The molecular weight excluding hydrogens is 554 g/mol. The van der Waals surface area contributed by atoms with Crippen molar-refractivity contribution in [3.8, 4) is 6.07 Å². The number of urea groups is 1. The molecule has 2 fully saturated rings. The molecular formula is C35H35N5O4. The van der Waals surface area contributed by atoms with E-state index in [0.29, 0.717) is 59.8 Å². The summed E-state index contributed by atoms with van der Waals surface area (Å²) in [6, 6.07) is 20.7. The Morgan fingerprint density at radius 1 is 0.864 bits per heavy atom. The fourth-order valence-corrected chi connectivity index (χ4v) is 6.74. The van der Waals surface area contributed by atoms with Gasteiger partial charge >= 0.3 is 6.03 Å². The summed E-state index contributed by atoms with van der Waals surface area (Å²) in [5.74, 6) is -0.361. The van der Waals surface area contributed by atoms with Crippen LogP contribution in [0.25, 0.3) is 0 Å². The number of imide groups is 1. The standard InChI is InChI=1S/C35H35N5O4/c1-22-10-13-26(32(41)39-18-16-25(17-19-39)24-14-11-23(21-36)12-15-24)20-30(22)38-35(44)37-29-8-4-5-9-31(29)40-33(42)27-6-2-3-7-28(27)34(40)43/h2-3,6-7,10-15,20,25,29,31H,4-5,8-9,16-19H2,1H3,(H2,37,38,44). The van der Waals surface area contributed by atoms with E-state index in [9.17, 15) is 19.2 Å². The van der Waals surface area contributed by atoms with Crippen molar-refractivity contribution in [3.05, 3.63) is 100 Å². The number of fused-ring (bicyclic) bond motifs is 1. The summed E-state index contributed by atoms with van der Waals surface area (Å²) in [4.78, 5) is 56.1. The van der Waals surface area contributed by atoms with Crippen molar-refractivity contribution in [1.29, 1.82) is 5.26 Å². The number of nitrogens with one attached hydrogen (secondary N) is 2. The van der Waals surface area contributed by atoms with Gasteiger partial charge in [-0.3, -0.25) is 19.3 Å². The lowest BCUT2D eigenvalue weighted by atomic mass is 9.89. The molecule has 3 aromatic carbocycles.